The molecule has 2 rings (SSSR count). The van der Waals surface area contributed by atoms with Crippen LogP contribution < -0.4 is 10.6 Å². The number of aromatic carboxylic acids is 1. The molecule has 1 heterocycles. The number of halogens is 1. The third-order valence-electron chi connectivity index (χ3n) is 2.00. The van der Waals surface area contributed by atoms with Crippen LogP contribution in [-0.4, -0.2) is 26.7 Å². The van der Waals surface area contributed by atoms with E-state index in [-0.39, 0.29) is 16.3 Å². The largest absolute Gasteiger partial charge is 0.478 e. The Bertz CT molecular complexity index is 617. The summed E-state index contributed by atoms with van der Waals surface area (Å²) >= 11 is 6.79. The minimum absolute atomic E-state index is 0.0118. The summed E-state index contributed by atoms with van der Waals surface area (Å²) in [5.74, 6) is -1.13. The normalized spacial score (nSPS) is 9.95. The van der Waals surface area contributed by atoms with E-state index in [2.05, 4.69) is 20.2 Å². The van der Waals surface area contributed by atoms with Gasteiger partial charge in [0, 0.05) is 22.2 Å². The predicted molar refractivity (Wildman–Crippen MR) is 71.0 cm³/mol. The standard InChI is InChI=1S/C10H7ClN4O3S/c11-6-1-5(9(16)17)2-7(3-6)13-10(18)14-8-4-12-15-19-8/h1-4H,(H,16,17)(H2,13,14,18). The van der Waals surface area contributed by atoms with Crippen molar-refractivity contribution < 1.29 is 14.7 Å². The SMILES string of the molecule is O=C(Nc1cc(Cl)cc(C(=O)O)c1)Nc1cnns1. The summed E-state index contributed by atoms with van der Waals surface area (Å²) in [7, 11) is 0. The lowest BCUT2D eigenvalue weighted by Crippen LogP contribution is -2.19. The molecule has 98 valence electrons. The van der Waals surface area contributed by atoms with Gasteiger partial charge in [0.25, 0.3) is 0 Å². The molecule has 2 aromatic rings. The lowest BCUT2D eigenvalue weighted by Gasteiger charge is -2.07. The summed E-state index contributed by atoms with van der Waals surface area (Å²) in [5.41, 5.74) is 0.266. The number of benzene rings is 1. The van der Waals surface area contributed by atoms with Crippen LogP contribution in [0.3, 0.4) is 0 Å². The minimum atomic E-state index is -1.13. The zero-order chi connectivity index (χ0) is 13.8. The fourth-order valence-electron chi connectivity index (χ4n) is 1.28. The molecule has 19 heavy (non-hydrogen) atoms. The molecule has 0 aliphatic heterocycles. The highest BCUT2D eigenvalue weighted by Gasteiger charge is 2.09. The van der Waals surface area contributed by atoms with Crippen molar-refractivity contribution in [1.29, 1.82) is 0 Å². The van der Waals surface area contributed by atoms with Gasteiger partial charge < -0.3 is 10.4 Å². The van der Waals surface area contributed by atoms with E-state index >= 15 is 0 Å². The second-order valence-corrected chi connectivity index (χ2v) is 4.62. The Balaban J connectivity index is 2.10. The van der Waals surface area contributed by atoms with Crippen LogP contribution in [0.1, 0.15) is 10.4 Å². The van der Waals surface area contributed by atoms with Crippen LogP contribution in [0, 0.1) is 0 Å². The van der Waals surface area contributed by atoms with E-state index < -0.39 is 12.0 Å². The molecule has 0 atom stereocenters. The molecule has 1 aromatic carbocycles. The Morgan fingerprint density at radius 1 is 1.26 bits per heavy atom. The van der Waals surface area contributed by atoms with Crippen molar-refractivity contribution in [1.82, 2.24) is 9.59 Å². The lowest BCUT2D eigenvalue weighted by molar-refractivity contribution is 0.0697. The highest BCUT2D eigenvalue weighted by molar-refractivity contribution is 7.10. The molecule has 2 amide bonds. The van der Waals surface area contributed by atoms with Gasteiger partial charge in [0.05, 0.1) is 11.8 Å². The summed E-state index contributed by atoms with van der Waals surface area (Å²) in [6.07, 6.45) is 1.39. The zero-order valence-corrected chi connectivity index (χ0v) is 10.8. The Morgan fingerprint density at radius 3 is 2.68 bits per heavy atom. The van der Waals surface area contributed by atoms with Crippen molar-refractivity contribution in [2.75, 3.05) is 10.6 Å². The van der Waals surface area contributed by atoms with Crippen LogP contribution in [0.2, 0.25) is 5.02 Å². The summed E-state index contributed by atoms with van der Waals surface area (Å²) in [5, 5.41) is 18.1. The second-order valence-electron chi connectivity index (χ2n) is 3.39. The van der Waals surface area contributed by atoms with Crippen molar-refractivity contribution in [3.05, 3.63) is 35.0 Å². The second kappa shape index (κ2) is 5.63. The maximum Gasteiger partial charge on any atom is 0.335 e. The number of aromatic nitrogens is 2. The van der Waals surface area contributed by atoms with Gasteiger partial charge in [-0.05, 0) is 18.2 Å². The molecule has 0 spiro atoms. The molecular formula is C10H7ClN4O3S. The molecule has 9 heteroatoms. The number of hydrogen-bond donors (Lipinski definition) is 3. The molecule has 0 radical (unpaired) electrons. The highest BCUT2D eigenvalue weighted by atomic mass is 35.5. The summed E-state index contributed by atoms with van der Waals surface area (Å²) < 4.78 is 3.58. The Kier molecular flexibility index (Phi) is 3.93. The average molecular weight is 299 g/mol. The smallest absolute Gasteiger partial charge is 0.335 e. The molecule has 0 saturated heterocycles. The van der Waals surface area contributed by atoms with Gasteiger partial charge in [0.2, 0.25) is 0 Å². The van der Waals surface area contributed by atoms with Crippen LogP contribution in [0.25, 0.3) is 0 Å². The Hall–Kier alpha value is -2.19. The van der Waals surface area contributed by atoms with E-state index in [1.54, 1.807) is 0 Å². The summed E-state index contributed by atoms with van der Waals surface area (Å²) in [4.78, 5) is 22.5. The highest BCUT2D eigenvalue weighted by Crippen LogP contribution is 2.19. The fourth-order valence-corrected chi connectivity index (χ4v) is 1.93. The van der Waals surface area contributed by atoms with Crippen molar-refractivity contribution in [2.45, 2.75) is 0 Å². The number of carbonyl (C=O) groups is 2. The zero-order valence-electron chi connectivity index (χ0n) is 9.25. The van der Waals surface area contributed by atoms with Crippen molar-refractivity contribution >= 4 is 45.8 Å². The van der Waals surface area contributed by atoms with Gasteiger partial charge in [-0.15, -0.1) is 5.10 Å². The van der Waals surface area contributed by atoms with E-state index in [0.29, 0.717) is 5.00 Å². The van der Waals surface area contributed by atoms with Crippen molar-refractivity contribution in [2.24, 2.45) is 0 Å². The van der Waals surface area contributed by atoms with Crippen LogP contribution in [-0.2, 0) is 0 Å². The lowest BCUT2D eigenvalue weighted by atomic mass is 10.2. The number of nitrogens with one attached hydrogen (secondary N) is 2. The first-order chi connectivity index (χ1) is 9.04. The van der Waals surface area contributed by atoms with E-state index in [9.17, 15) is 9.59 Å². The minimum Gasteiger partial charge on any atom is -0.478 e. The molecule has 0 fully saturated rings. The van der Waals surface area contributed by atoms with Gasteiger partial charge in [0.1, 0.15) is 5.00 Å². The van der Waals surface area contributed by atoms with Gasteiger partial charge in [-0.25, -0.2) is 9.59 Å². The topological polar surface area (TPSA) is 104 Å². The number of rotatable bonds is 3. The number of amides is 2. The fraction of sp³-hybridized carbons (Fsp3) is 0. The summed E-state index contributed by atoms with van der Waals surface area (Å²) in [6, 6.07) is 3.50. The number of carboxylic acids is 1. The molecule has 0 saturated carbocycles. The van der Waals surface area contributed by atoms with Gasteiger partial charge in [-0.1, -0.05) is 16.1 Å². The van der Waals surface area contributed by atoms with Crippen LogP contribution in [0.4, 0.5) is 15.5 Å². The van der Waals surface area contributed by atoms with Gasteiger partial charge in [-0.3, -0.25) is 5.32 Å². The number of anilines is 2. The molecule has 0 bridgehead atoms. The number of urea groups is 1. The van der Waals surface area contributed by atoms with Gasteiger partial charge in [-0.2, -0.15) is 0 Å². The Morgan fingerprint density at radius 2 is 2.05 bits per heavy atom. The maximum atomic E-state index is 11.6. The van der Waals surface area contributed by atoms with E-state index in [0.717, 1.165) is 11.5 Å². The number of carbonyl (C=O) groups excluding carboxylic acids is 1. The summed E-state index contributed by atoms with van der Waals surface area (Å²) in [6.45, 7) is 0. The van der Waals surface area contributed by atoms with E-state index in [1.165, 1.54) is 24.4 Å². The van der Waals surface area contributed by atoms with Crippen molar-refractivity contribution in [3.63, 3.8) is 0 Å². The van der Waals surface area contributed by atoms with Crippen LogP contribution in [0.5, 0.6) is 0 Å². The van der Waals surface area contributed by atoms with E-state index in [4.69, 9.17) is 16.7 Å². The number of hydrogen-bond acceptors (Lipinski definition) is 5. The quantitative estimate of drug-likeness (QED) is 0.807. The molecule has 0 aliphatic rings. The first kappa shape index (κ1) is 13.2. The van der Waals surface area contributed by atoms with E-state index in [1.807, 2.05) is 0 Å². The average Bonchev–Trinajstić information content (AvgIpc) is 2.80. The Labute approximate surface area is 116 Å². The first-order valence-corrected chi connectivity index (χ1v) is 6.09. The maximum absolute atomic E-state index is 11.6. The monoisotopic (exact) mass is 298 g/mol. The molecule has 3 N–H and O–H groups in total. The predicted octanol–water partition coefficient (Wildman–Crippen LogP) is 2.53. The molecule has 1 aromatic heterocycles. The number of nitrogens with zero attached hydrogens (tertiary/aromatic N) is 2. The van der Waals surface area contributed by atoms with Crippen LogP contribution >= 0.6 is 23.1 Å². The van der Waals surface area contributed by atoms with Crippen LogP contribution in [0.15, 0.2) is 24.4 Å². The van der Waals surface area contributed by atoms with Gasteiger partial charge >= 0.3 is 12.0 Å². The molecule has 0 unspecified atom stereocenters. The molecular weight excluding hydrogens is 292 g/mol. The molecule has 0 aliphatic carbocycles. The molecule has 7 nitrogen and oxygen atoms in total. The van der Waals surface area contributed by atoms with Crippen molar-refractivity contribution in [3.8, 4) is 0 Å². The first-order valence-electron chi connectivity index (χ1n) is 4.94. The third kappa shape index (κ3) is 3.63. The number of carboxylic acid groups (broad SMARTS) is 1. The third-order valence-corrected chi connectivity index (χ3v) is 2.80. The van der Waals surface area contributed by atoms with Gasteiger partial charge in [0.15, 0.2) is 0 Å².